The molecule has 0 saturated carbocycles. The molecule has 3 N–H and O–H groups in total. The first kappa shape index (κ1) is 14.6. The molecular formula is C13H15ClN2O4. The topological polar surface area (TPSA) is 87.7 Å². The maximum Gasteiger partial charge on any atom is 0.335 e. The molecule has 0 spiro atoms. The minimum Gasteiger partial charge on any atom is -0.478 e. The summed E-state index contributed by atoms with van der Waals surface area (Å²) in [6.45, 7) is 1.20. The number of anilines is 1. The summed E-state index contributed by atoms with van der Waals surface area (Å²) in [5.41, 5.74) is 0.325. The van der Waals surface area contributed by atoms with Gasteiger partial charge in [-0.25, -0.2) is 9.59 Å². The third kappa shape index (κ3) is 3.85. The summed E-state index contributed by atoms with van der Waals surface area (Å²) in [6.07, 6.45) is 1.76. The van der Waals surface area contributed by atoms with Crippen LogP contribution in [0, 0.1) is 0 Å². The number of amides is 2. The number of rotatable bonds is 3. The standard InChI is InChI=1S/C13H15ClN2O4/c14-10-4-3-8(12(17)18)6-11(10)16-13(19)15-9-2-1-5-20-7-9/h3-4,6,9H,1-2,5,7H2,(H,17,18)(H2,15,16,19). The van der Waals surface area contributed by atoms with Crippen LogP contribution < -0.4 is 10.6 Å². The van der Waals surface area contributed by atoms with Crippen LogP contribution in [0.3, 0.4) is 0 Å². The molecule has 1 aromatic rings. The summed E-state index contributed by atoms with van der Waals surface area (Å²) < 4.78 is 5.26. The summed E-state index contributed by atoms with van der Waals surface area (Å²) in [6, 6.07) is 3.67. The fourth-order valence-electron chi connectivity index (χ4n) is 1.95. The molecule has 1 atom stereocenters. The second kappa shape index (κ2) is 6.58. The second-order valence-corrected chi connectivity index (χ2v) is 4.92. The van der Waals surface area contributed by atoms with Crippen LogP contribution in [0.15, 0.2) is 18.2 Å². The Labute approximate surface area is 121 Å². The molecule has 1 saturated heterocycles. The smallest absolute Gasteiger partial charge is 0.335 e. The Hall–Kier alpha value is -1.79. The maximum absolute atomic E-state index is 11.8. The molecular weight excluding hydrogens is 284 g/mol. The lowest BCUT2D eigenvalue weighted by Gasteiger charge is -2.23. The van der Waals surface area contributed by atoms with Crippen molar-refractivity contribution in [2.75, 3.05) is 18.5 Å². The predicted molar refractivity (Wildman–Crippen MR) is 74.4 cm³/mol. The molecule has 0 radical (unpaired) electrons. The Morgan fingerprint density at radius 1 is 1.40 bits per heavy atom. The molecule has 2 amide bonds. The van der Waals surface area contributed by atoms with Crippen molar-refractivity contribution in [1.82, 2.24) is 5.32 Å². The first-order valence-electron chi connectivity index (χ1n) is 6.24. The summed E-state index contributed by atoms with van der Waals surface area (Å²) >= 11 is 5.93. The van der Waals surface area contributed by atoms with Crippen molar-refractivity contribution in [3.8, 4) is 0 Å². The highest BCUT2D eigenvalue weighted by molar-refractivity contribution is 6.33. The van der Waals surface area contributed by atoms with E-state index in [0.717, 1.165) is 12.8 Å². The number of nitrogens with one attached hydrogen (secondary N) is 2. The van der Waals surface area contributed by atoms with E-state index in [-0.39, 0.29) is 22.3 Å². The lowest BCUT2D eigenvalue weighted by Crippen LogP contribution is -2.42. The lowest BCUT2D eigenvalue weighted by molar-refractivity contribution is 0.0697. The SMILES string of the molecule is O=C(Nc1cc(C(=O)O)ccc1Cl)NC1CCCOC1. The predicted octanol–water partition coefficient (Wildman–Crippen LogP) is 2.34. The van der Waals surface area contributed by atoms with Crippen molar-refractivity contribution in [1.29, 1.82) is 0 Å². The molecule has 1 aromatic carbocycles. The number of carbonyl (C=O) groups excluding carboxylic acids is 1. The first-order valence-corrected chi connectivity index (χ1v) is 6.62. The van der Waals surface area contributed by atoms with E-state index >= 15 is 0 Å². The second-order valence-electron chi connectivity index (χ2n) is 4.51. The maximum atomic E-state index is 11.8. The molecule has 1 aliphatic heterocycles. The number of urea groups is 1. The number of hydrogen-bond donors (Lipinski definition) is 3. The van der Waals surface area contributed by atoms with Crippen molar-refractivity contribution in [3.05, 3.63) is 28.8 Å². The van der Waals surface area contributed by atoms with Gasteiger partial charge in [-0.3, -0.25) is 0 Å². The van der Waals surface area contributed by atoms with E-state index < -0.39 is 12.0 Å². The molecule has 0 bridgehead atoms. The monoisotopic (exact) mass is 298 g/mol. The van der Waals surface area contributed by atoms with E-state index in [0.29, 0.717) is 13.2 Å². The number of aromatic carboxylic acids is 1. The van der Waals surface area contributed by atoms with Gasteiger partial charge in [-0.2, -0.15) is 0 Å². The average Bonchev–Trinajstić information content (AvgIpc) is 2.42. The number of hydrogen-bond acceptors (Lipinski definition) is 3. The van der Waals surface area contributed by atoms with Crippen LogP contribution >= 0.6 is 11.6 Å². The summed E-state index contributed by atoms with van der Waals surface area (Å²) in [4.78, 5) is 22.7. The van der Waals surface area contributed by atoms with Crippen LogP contribution in [0.4, 0.5) is 10.5 Å². The number of carboxylic acids is 1. The van der Waals surface area contributed by atoms with E-state index in [1.54, 1.807) is 0 Å². The molecule has 1 heterocycles. The number of benzene rings is 1. The van der Waals surface area contributed by atoms with E-state index in [4.69, 9.17) is 21.4 Å². The van der Waals surface area contributed by atoms with Crippen LogP contribution in [-0.2, 0) is 4.74 Å². The van der Waals surface area contributed by atoms with Crippen molar-refractivity contribution < 1.29 is 19.4 Å². The fraction of sp³-hybridized carbons (Fsp3) is 0.385. The molecule has 7 heteroatoms. The molecule has 1 fully saturated rings. The molecule has 20 heavy (non-hydrogen) atoms. The first-order chi connectivity index (χ1) is 9.56. The molecule has 108 valence electrons. The van der Waals surface area contributed by atoms with Gasteiger partial charge >= 0.3 is 12.0 Å². The highest BCUT2D eigenvalue weighted by Gasteiger charge is 2.17. The van der Waals surface area contributed by atoms with Crippen LogP contribution in [-0.4, -0.2) is 36.4 Å². The number of ether oxygens (including phenoxy) is 1. The van der Waals surface area contributed by atoms with Crippen LogP contribution in [0.25, 0.3) is 0 Å². The van der Waals surface area contributed by atoms with E-state index in [2.05, 4.69) is 10.6 Å². The van der Waals surface area contributed by atoms with Crippen molar-refractivity contribution in [2.45, 2.75) is 18.9 Å². The van der Waals surface area contributed by atoms with Gasteiger partial charge in [0.2, 0.25) is 0 Å². The lowest BCUT2D eigenvalue weighted by atomic mass is 10.1. The Bertz CT molecular complexity index is 515. The zero-order valence-corrected chi connectivity index (χ0v) is 11.4. The average molecular weight is 299 g/mol. The van der Waals surface area contributed by atoms with Crippen molar-refractivity contribution in [2.24, 2.45) is 0 Å². The highest BCUT2D eigenvalue weighted by Crippen LogP contribution is 2.23. The van der Waals surface area contributed by atoms with E-state index in [1.165, 1.54) is 18.2 Å². The molecule has 1 unspecified atom stereocenters. The Morgan fingerprint density at radius 2 is 2.20 bits per heavy atom. The van der Waals surface area contributed by atoms with Gasteiger partial charge in [0.1, 0.15) is 0 Å². The summed E-state index contributed by atoms with van der Waals surface area (Å²) in [5.74, 6) is -1.08. The third-order valence-electron chi connectivity index (χ3n) is 2.96. The van der Waals surface area contributed by atoms with E-state index in [9.17, 15) is 9.59 Å². The Kier molecular flexibility index (Phi) is 4.81. The van der Waals surface area contributed by atoms with Gasteiger partial charge in [-0.05, 0) is 31.0 Å². The number of carbonyl (C=O) groups is 2. The van der Waals surface area contributed by atoms with Gasteiger partial charge in [0.05, 0.1) is 28.9 Å². The van der Waals surface area contributed by atoms with Crippen molar-refractivity contribution >= 4 is 29.3 Å². The van der Waals surface area contributed by atoms with Crippen LogP contribution in [0.2, 0.25) is 5.02 Å². The minimum atomic E-state index is -1.08. The van der Waals surface area contributed by atoms with Crippen LogP contribution in [0.5, 0.6) is 0 Å². The quantitative estimate of drug-likeness (QED) is 0.799. The normalized spacial score (nSPS) is 18.4. The van der Waals surface area contributed by atoms with Crippen LogP contribution in [0.1, 0.15) is 23.2 Å². The molecule has 6 nitrogen and oxygen atoms in total. The third-order valence-corrected chi connectivity index (χ3v) is 3.29. The van der Waals surface area contributed by atoms with Gasteiger partial charge < -0.3 is 20.5 Å². The minimum absolute atomic E-state index is 0.0369. The molecule has 1 aliphatic rings. The fourth-order valence-corrected chi connectivity index (χ4v) is 2.12. The molecule has 0 aliphatic carbocycles. The van der Waals surface area contributed by atoms with E-state index in [1.807, 2.05) is 0 Å². The van der Waals surface area contributed by atoms with Gasteiger partial charge in [0.25, 0.3) is 0 Å². The summed E-state index contributed by atoms with van der Waals surface area (Å²) in [5, 5.41) is 14.5. The summed E-state index contributed by atoms with van der Waals surface area (Å²) in [7, 11) is 0. The van der Waals surface area contributed by atoms with Gasteiger partial charge in [0, 0.05) is 6.61 Å². The van der Waals surface area contributed by atoms with Gasteiger partial charge in [-0.15, -0.1) is 0 Å². The zero-order chi connectivity index (χ0) is 14.5. The molecule has 0 aromatic heterocycles. The largest absolute Gasteiger partial charge is 0.478 e. The highest BCUT2D eigenvalue weighted by atomic mass is 35.5. The van der Waals surface area contributed by atoms with Gasteiger partial charge in [0.15, 0.2) is 0 Å². The number of carboxylic acid groups (broad SMARTS) is 1. The Balaban J connectivity index is 1.99. The molecule has 2 rings (SSSR count). The van der Waals surface area contributed by atoms with Gasteiger partial charge in [-0.1, -0.05) is 11.6 Å². The zero-order valence-electron chi connectivity index (χ0n) is 10.7. The van der Waals surface area contributed by atoms with Crippen molar-refractivity contribution in [3.63, 3.8) is 0 Å². The Morgan fingerprint density at radius 3 is 2.85 bits per heavy atom. The number of halogens is 1.